The van der Waals surface area contributed by atoms with E-state index in [1.165, 1.54) is 0 Å². The van der Waals surface area contributed by atoms with Crippen LogP contribution in [0.4, 0.5) is 17.6 Å². The molecular formula is C5H6F4O. The van der Waals surface area contributed by atoms with Crippen LogP contribution in [0.3, 0.4) is 0 Å². The van der Waals surface area contributed by atoms with Crippen LogP contribution in [0.2, 0.25) is 0 Å². The monoisotopic (exact) mass is 158 g/mol. The molecule has 0 radical (unpaired) electrons. The Kier molecular flexibility index (Phi) is 2.83. The number of allylic oxidation sites excluding steroid dienone is 1. The second-order valence-corrected chi connectivity index (χ2v) is 1.75. The van der Waals surface area contributed by atoms with Crippen molar-refractivity contribution >= 4 is 0 Å². The Labute approximate surface area is 55.0 Å². The van der Waals surface area contributed by atoms with Gasteiger partial charge in [0.25, 0.3) is 0 Å². The van der Waals surface area contributed by atoms with Gasteiger partial charge in [-0.2, -0.15) is 13.2 Å². The molecule has 0 aliphatic rings. The molecule has 1 atom stereocenters. The number of rotatable bonds is 1. The summed E-state index contributed by atoms with van der Waals surface area (Å²) in [5.74, 6) is -1.58. The molecule has 0 rings (SSSR count). The largest absolute Gasteiger partial charge is 0.412 e. The quantitative estimate of drug-likeness (QED) is 0.576. The van der Waals surface area contributed by atoms with E-state index in [1.807, 2.05) is 0 Å². The van der Waals surface area contributed by atoms with Gasteiger partial charge < -0.3 is 5.11 Å². The summed E-state index contributed by atoms with van der Waals surface area (Å²) in [4.78, 5) is 0. The standard InChI is InChI=1S/C5H6F4O/c1-3(10)4(6)2-5(7,8)9/h2-3,10H,1H3/b4-2-/t3-/m1/s1. The Morgan fingerprint density at radius 3 is 2.00 bits per heavy atom. The Morgan fingerprint density at radius 1 is 1.50 bits per heavy atom. The maximum absolute atomic E-state index is 11.9. The molecule has 60 valence electrons. The molecular weight excluding hydrogens is 152 g/mol. The third-order valence-electron chi connectivity index (χ3n) is 0.701. The predicted molar refractivity (Wildman–Crippen MR) is 26.9 cm³/mol. The molecule has 1 N–H and O–H groups in total. The molecule has 0 fully saturated rings. The summed E-state index contributed by atoms with van der Waals surface area (Å²) in [6.07, 6.45) is -6.96. The van der Waals surface area contributed by atoms with E-state index in [-0.39, 0.29) is 0 Å². The zero-order chi connectivity index (χ0) is 8.36. The third kappa shape index (κ3) is 4.31. The van der Waals surface area contributed by atoms with Crippen LogP contribution in [0.15, 0.2) is 11.9 Å². The van der Waals surface area contributed by atoms with E-state index in [4.69, 9.17) is 5.11 Å². The van der Waals surface area contributed by atoms with Crippen LogP contribution >= 0.6 is 0 Å². The molecule has 0 aliphatic heterocycles. The van der Waals surface area contributed by atoms with Gasteiger partial charge in [-0.3, -0.25) is 0 Å². The normalized spacial score (nSPS) is 17.2. The number of aliphatic hydroxyl groups excluding tert-OH is 1. The Bertz CT molecular complexity index is 135. The summed E-state index contributed by atoms with van der Waals surface area (Å²) in [6.45, 7) is 0.914. The molecule has 0 aromatic heterocycles. The second kappa shape index (κ2) is 3.01. The van der Waals surface area contributed by atoms with Crippen molar-refractivity contribution in [2.45, 2.75) is 19.2 Å². The molecule has 0 saturated heterocycles. The highest BCUT2D eigenvalue weighted by Gasteiger charge is 2.25. The highest BCUT2D eigenvalue weighted by Crippen LogP contribution is 2.20. The van der Waals surface area contributed by atoms with E-state index in [0.29, 0.717) is 0 Å². The zero-order valence-corrected chi connectivity index (χ0v) is 5.11. The zero-order valence-electron chi connectivity index (χ0n) is 5.11. The molecule has 0 unspecified atom stereocenters. The highest BCUT2D eigenvalue weighted by atomic mass is 19.4. The van der Waals surface area contributed by atoms with Crippen LogP contribution in [0.25, 0.3) is 0 Å². The fraction of sp³-hybridized carbons (Fsp3) is 0.600. The van der Waals surface area contributed by atoms with Crippen LogP contribution in [-0.2, 0) is 0 Å². The topological polar surface area (TPSA) is 20.2 Å². The minimum atomic E-state index is -4.69. The van der Waals surface area contributed by atoms with Crippen LogP contribution in [0, 0.1) is 0 Å². The molecule has 0 amide bonds. The van der Waals surface area contributed by atoms with Gasteiger partial charge in [0.05, 0.1) is 6.08 Å². The molecule has 0 saturated carbocycles. The van der Waals surface area contributed by atoms with E-state index < -0.39 is 24.2 Å². The van der Waals surface area contributed by atoms with Crippen molar-refractivity contribution < 1.29 is 22.7 Å². The van der Waals surface area contributed by atoms with Gasteiger partial charge in [-0.05, 0) is 6.92 Å². The summed E-state index contributed by atoms with van der Waals surface area (Å²) in [7, 11) is 0. The minimum Gasteiger partial charge on any atom is -0.386 e. The van der Waals surface area contributed by atoms with Crippen molar-refractivity contribution in [1.82, 2.24) is 0 Å². The van der Waals surface area contributed by atoms with Crippen molar-refractivity contribution in [2.75, 3.05) is 0 Å². The number of hydrogen-bond acceptors (Lipinski definition) is 1. The fourth-order valence-electron chi connectivity index (χ4n) is 0.277. The lowest BCUT2D eigenvalue weighted by Crippen LogP contribution is -2.08. The average molecular weight is 158 g/mol. The van der Waals surface area contributed by atoms with Gasteiger partial charge in [0.15, 0.2) is 0 Å². The Morgan fingerprint density at radius 2 is 1.90 bits per heavy atom. The molecule has 0 heterocycles. The molecule has 0 aromatic carbocycles. The van der Waals surface area contributed by atoms with Gasteiger partial charge in [-0.15, -0.1) is 0 Å². The summed E-state index contributed by atoms with van der Waals surface area (Å²) in [6, 6.07) is 0. The minimum absolute atomic E-state index is 0.572. The summed E-state index contributed by atoms with van der Waals surface area (Å²) >= 11 is 0. The molecule has 0 aliphatic carbocycles. The van der Waals surface area contributed by atoms with Crippen LogP contribution < -0.4 is 0 Å². The Hall–Kier alpha value is -0.580. The smallest absolute Gasteiger partial charge is 0.386 e. The van der Waals surface area contributed by atoms with Crippen LogP contribution in [0.1, 0.15) is 6.92 Å². The number of halogens is 4. The van der Waals surface area contributed by atoms with Crippen molar-refractivity contribution in [3.8, 4) is 0 Å². The van der Waals surface area contributed by atoms with Gasteiger partial charge in [-0.25, -0.2) is 4.39 Å². The van der Waals surface area contributed by atoms with Gasteiger partial charge in [0.2, 0.25) is 0 Å². The van der Waals surface area contributed by atoms with Gasteiger partial charge in [0, 0.05) is 0 Å². The number of hydrogen-bond donors (Lipinski definition) is 1. The summed E-state index contributed by atoms with van der Waals surface area (Å²) in [5, 5.41) is 8.24. The Balaban J connectivity index is 4.17. The lowest BCUT2D eigenvalue weighted by molar-refractivity contribution is -0.0824. The van der Waals surface area contributed by atoms with Crippen molar-refractivity contribution in [3.63, 3.8) is 0 Å². The summed E-state index contributed by atoms with van der Waals surface area (Å²) in [5.41, 5.74) is 0. The van der Waals surface area contributed by atoms with Crippen molar-refractivity contribution in [2.24, 2.45) is 0 Å². The van der Waals surface area contributed by atoms with Gasteiger partial charge in [0.1, 0.15) is 11.9 Å². The van der Waals surface area contributed by atoms with E-state index in [0.717, 1.165) is 6.92 Å². The lowest BCUT2D eigenvalue weighted by atomic mass is 10.3. The first-order chi connectivity index (χ1) is 4.33. The predicted octanol–water partition coefficient (Wildman–Crippen LogP) is 1.78. The van der Waals surface area contributed by atoms with E-state index in [9.17, 15) is 17.6 Å². The van der Waals surface area contributed by atoms with Gasteiger partial charge >= 0.3 is 6.18 Å². The van der Waals surface area contributed by atoms with E-state index in [1.54, 1.807) is 0 Å². The van der Waals surface area contributed by atoms with Crippen LogP contribution in [0.5, 0.6) is 0 Å². The average Bonchev–Trinajstić information content (AvgIpc) is 1.60. The number of aliphatic hydroxyl groups is 1. The maximum Gasteiger partial charge on any atom is 0.412 e. The molecule has 0 spiro atoms. The fourth-order valence-corrected chi connectivity index (χ4v) is 0.277. The van der Waals surface area contributed by atoms with E-state index in [2.05, 4.69) is 0 Å². The highest BCUT2D eigenvalue weighted by molar-refractivity contribution is 5.00. The second-order valence-electron chi connectivity index (χ2n) is 1.75. The maximum atomic E-state index is 11.9. The molecule has 5 heteroatoms. The number of alkyl halides is 3. The van der Waals surface area contributed by atoms with Gasteiger partial charge in [-0.1, -0.05) is 0 Å². The van der Waals surface area contributed by atoms with Crippen LogP contribution in [-0.4, -0.2) is 17.4 Å². The van der Waals surface area contributed by atoms with E-state index >= 15 is 0 Å². The van der Waals surface area contributed by atoms with Crippen molar-refractivity contribution in [1.29, 1.82) is 0 Å². The lowest BCUT2D eigenvalue weighted by Gasteiger charge is -2.02. The first-order valence-electron chi connectivity index (χ1n) is 2.46. The third-order valence-corrected chi connectivity index (χ3v) is 0.701. The molecule has 0 bridgehead atoms. The van der Waals surface area contributed by atoms with Crippen molar-refractivity contribution in [3.05, 3.63) is 11.9 Å². The first kappa shape index (κ1) is 9.42. The first-order valence-corrected chi connectivity index (χ1v) is 2.46. The molecule has 0 aromatic rings. The summed E-state index contributed by atoms with van der Waals surface area (Å²) < 4.78 is 45.6. The molecule has 1 nitrogen and oxygen atoms in total. The SMILES string of the molecule is C[C@@H](O)/C(F)=C/C(F)(F)F. The molecule has 10 heavy (non-hydrogen) atoms.